The first-order chi connectivity index (χ1) is 25.2. The highest BCUT2D eigenvalue weighted by Crippen LogP contribution is 2.53. The highest BCUT2D eigenvalue weighted by atomic mass is 31.2. The van der Waals surface area contributed by atoms with E-state index < -0.39 is 7.14 Å². The molecule has 0 aliphatic carbocycles. The summed E-state index contributed by atoms with van der Waals surface area (Å²) in [7, 11) is -3.30. The van der Waals surface area contributed by atoms with Gasteiger partial charge in [-0.2, -0.15) is 5.10 Å². The molecule has 0 spiro atoms. The van der Waals surface area contributed by atoms with Crippen LogP contribution >= 0.6 is 7.14 Å². The molecule has 1 unspecified atom stereocenters. The topological polar surface area (TPSA) is 57.6 Å². The summed E-state index contributed by atoms with van der Waals surface area (Å²) in [6.45, 7) is 0. The van der Waals surface area contributed by atoms with Crippen LogP contribution in [0.1, 0.15) is 0 Å². The van der Waals surface area contributed by atoms with Crippen molar-refractivity contribution in [3.8, 4) is 28.3 Å². The second-order valence-corrected chi connectivity index (χ2v) is 15.8. The standard InChI is InChI=1S/C44H28N5OP/c50-51(31-21-23-35-34-13-3-7-17-40(34)49(41(35)26-31)44-19-9-10-24-45-44)42-18-8-4-14-36(42)37-22-20-29(25-43(37)51)47-28-30(27-46-47)48-38-15-5-1-11-32(38)33-12-2-6-16-39(33)48/h1-28H. The number of hydrogen-bond donors (Lipinski definition) is 0. The van der Waals surface area contributed by atoms with Gasteiger partial charge in [-0.25, -0.2) is 9.67 Å². The number of aromatic nitrogens is 5. The molecule has 0 bridgehead atoms. The summed E-state index contributed by atoms with van der Waals surface area (Å²) in [4.78, 5) is 4.72. The largest absolute Gasteiger partial charge is 0.309 e. The van der Waals surface area contributed by atoms with E-state index in [-0.39, 0.29) is 0 Å². The van der Waals surface area contributed by atoms with Crippen LogP contribution in [0.5, 0.6) is 0 Å². The number of nitrogens with zero attached hydrogens (tertiary/aromatic N) is 5. The molecule has 0 saturated carbocycles. The zero-order valence-corrected chi connectivity index (χ0v) is 28.2. The third-order valence-electron chi connectivity index (χ3n) is 10.4. The first-order valence-electron chi connectivity index (χ1n) is 17.0. The van der Waals surface area contributed by atoms with Crippen molar-refractivity contribution in [1.82, 2.24) is 23.9 Å². The maximum absolute atomic E-state index is 16.0. The Labute approximate surface area is 292 Å². The second-order valence-electron chi connectivity index (χ2n) is 13.1. The number of benzene rings is 6. The van der Waals surface area contributed by atoms with Crippen LogP contribution in [0, 0.1) is 0 Å². The van der Waals surface area contributed by atoms with Gasteiger partial charge in [0.2, 0.25) is 0 Å². The van der Waals surface area contributed by atoms with Crippen molar-refractivity contribution in [2.45, 2.75) is 0 Å². The Bertz CT molecular complexity index is 3030. The molecule has 0 fully saturated rings. The fourth-order valence-electron chi connectivity index (χ4n) is 8.19. The van der Waals surface area contributed by atoms with Gasteiger partial charge >= 0.3 is 0 Å². The van der Waals surface area contributed by atoms with Crippen molar-refractivity contribution in [1.29, 1.82) is 0 Å². The molecule has 10 aromatic rings. The first-order valence-corrected chi connectivity index (χ1v) is 18.7. The van der Waals surface area contributed by atoms with Crippen LogP contribution in [0.15, 0.2) is 170 Å². The third-order valence-corrected chi connectivity index (χ3v) is 13.5. The van der Waals surface area contributed by atoms with Crippen LogP contribution in [0.4, 0.5) is 0 Å². The van der Waals surface area contributed by atoms with E-state index in [1.807, 2.05) is 53.5 Å². The van der Waals surface area contributed by atoms with E-state index in [9.17, 15) is 0 Å². The summed E-state index contributed by atoms with van der Waals surface area (Å²) in [6, 6.07) is 52.0. The lowest BCUT2D eigenvalue weighted by molar-refractivity contribution is 0.593. The van der Waals surface area contributed by atoms with Gasteiger partial charge < -0.3 is 9.13 Å². The van der Waals surface area contributed by atoms with Crippen LogP contribution in [-0.4, -0.2) is 23.9 Å². The third kappa shape index (κ3) is 3.91. The molecule has 1 aliphatic heterocycles. The van der Waals surface area contributed by atoms with Gasteiger partial charge in [-0.05, 0) is 59.7 Å². The Kier molecular flexibility index (Phi) is 5.84. The minimum absolute atomic E-state index is 0.796. The summed E-state index contributed by atoms with van der Waals surface area (Å²) in [5.41, 5.74) is 8.14. The number of hydrogen-bond acceptors (Lipinski definition) is 3. The highest BCUT2D eigenvalue weighted by Gasteiger charge is 2.40. The van der Waals surface area contributed by atoms with Crippen LogP contribution in [0.2, 0.25) is 0 Å². The van der Waals surface area contributed by atoms with E-state index in [4.69, 9.17) is 10.1 Å². The fourth-order valence-corrected chi connectivity index (χ4v) is 11.3. The molecule has 6 nitrogen and oxygen atoms in total. The molecule has 1 aliphatic rings. The van der Waals surface area contributed by atoms with Gasteiger partial charge in [-0.3, -0.25) is 4.57 Å². The van der Waals surface area contributed by atoms with E-state index in [0.717, 1.165) is 77.1 Å². The number of fused-ring (bicyclic) bond motifs is 9. The smallest absolute Gasteiger partial charge is 0.172 e. The maximum atomic E-state index is 16.0. The highest BCUT2D eigenvalue weighted by molar-refractivity contribution is 7.86. The minimum atomic E-state index is -3.30. The minimum Gasteiger partial charge on any atom is -0.309 e. The van der Waals surface area contributed by atoms with Crippen LogP contribution in [0.25, 0.3) is 71.9 Å². The molecule has 11 rings (SSSR count). The molecule has 0 radical (unpaired) electrons. The Hall–Kier alpha value is -6.49. The van der Waals surface area contributed by atoms with Gasteiger partial charge in [0.15, 0.2) is 7.14 Å². The Morgan fingerprint density at radius 2 is 1.12 bits per heavy atom. The number of rotatable bonds is 4. The SMILES string of the molecule is O=P1(c2ccc3c4ccccc4n(-c4ccccn4)c3c2)c2ccccc2-c2ccc(-n3cc(-n4c5ccccc5c5ccccc54)cn3)cc21. The molecule has 0 amide bonds. The molecule has 6 aromatic carbocycles. The molecule has 0 saturated heterocycles. The normalized spacial score (nSPS) is 15.2. The average molecular weight is 674 g/mol. The summed E-state index contributed by atoms with van der Waals surface area (Å²) >= 11 is 0. The molecular formula is C44H28N5OP. The molecule has 0 N–H and O–H groups in total. The summed E-state index contributed by atoms with van der Waals surface area (Å²) < 4.78 is 22.3. The van der Waals surface area contributed by atoms with Gasteiger partial charge in [0.25, 0.3) is 0 Å². The van der Waals surface area contributed by atoms with Crippen LogP contribution in [-0.2, 0) is 4.57 Å². The Morgan fingerprint density at radius 1 is 0.490 bits per heavy atom. The average Bonchev–Trinajstić information content (AvgIpc) is 3.95. The van der Waals surface area contributed by atoms with E-state index in [1.54, 1.807) is 0 Å². The molecule has 5 heterocycles. The molecule has 1 atom stereocenters. The van der Waals surface area contributed by atoms with E-state index >= 15 is 4.57 Å². The van der Waals surface area contributed by atoms with Gasteiger partial charge in [0.1, 0.15) is 5.82 Å². The van der Waals surface area contributed by atoms with E-state index in [1.165, 1.54) is 10.8 Å². The van der Waals surface area contributed by atoms with E-state index in [2.05, 4.69) is 131 Å². The first kappa shape index (κ1) is 28.4. The van der Waals surface area contributed by atoms with Crippen LogP contribution in [0.3, 0.4) is 0 Å². The Balaban J connectivity index is 1.10. The fraction of sp³-hybridized carbons (Fsp3) is 0. The van der Waals surface area contributed by atoms with Gasteiger partial charge in [0, 0.05) is 43.7 Å². The molecule has 7 heteroatoms. The lowest BCUT2D eigenvalue weighted by Crippen LogP contribution is -2.21. The zero-order chi connectivity index (χ0) is 33.7. The van der Waals surface area contributed by atoms with Crippen molar-refractivity contribution in [3.05, 3.63) is 170 Å². The maximum Gasteiger partial charge on any atom is 0.172 e. The lowest BCUT2D eigenvalue weighted by atomic mass is 10.1. The summed E-state index contributed by atoms with van der Waals surface area (Å²) in [5, 5.41) is 12.0. The predicted octanol–water partition coefficient (Wildman–Crippen LogP) is 9.08. The lowest BCUT2D eigenvalue weighted by Gasteiger charge is -2.17. The number of para-hydroxylation sites is 3. The molecule has 4 aromatic heterocycles. The second kappa shape index (κ2) is 10.5. The Morgan fingerprint density at radius 3 is 1.84 bits per heavy atom. The van der Waals surface area contributed by atoms with Crippen molar-refractivity contribution in [2.75, 3.05) is 0 Å². The monoisotopic (exact) mass is 673 g/mol. The van der Waals surface area contributed by atoms with Crippen molar-refractivity contribution in [3.63, 3.8) is 0 Å². The van der Waals surface area contributed by atoms with Gasteiger partial charge in [-0.1, -0.05) is 103 Å². The summed E-state index contributed by atoms with van der Waals surface area (Å²) in [6.07, 6.45) is 5.78. The molecule has 51 heavy (non-hydrogen) atoms. The zero-order valence-electron chi connectivity index (χ0n) is 27.3. The van der Waals surface area contributed by atoms with Crippen LogP contribution < -0.4 is 15.9 Å². The summed E-state index contributed by atoms with van der Waals surface area (Å²) in [5.74, 6) is 0.825. The molecular weight excluding hydrogens is 645 g/mol. The van der Waals surface area contributed by atoms with E-state index in [0.29, 0.717) is 0 Å². The van der Waals surface area contributed by atoms with Gasteiger partial charge in [-0.15, -0.1) is 0 Å². The van der Waals surface area contributed by atoms with Crippen molar-refractivity contribution >= 4 is 66.7 Å². The number of pyridine rings is 1. The predicted molar refractivity (Wildman–Crippen MR) is 208 cm³/mol. The quantitative estimate of drug-likeness (QED) is 0.175. The van der Waals surface area contributed by atoms with Crippen molar-refractivity contribution in [2.24, 2.45) is 0 Å². The van der Waals surface area contributed by atoms with Crippen molar-refractivity contribution < 1.29 is 4.57 Å². The molecule has 240 valence electrons. The van der Waals surface area contributed by atoms with Gasteiger partial charge in [0.05, 0.1) is 45.8 Å².